The van der Waals surface area contributed by atoms with Crippen molar-refractivity contribution in [1.29, 1.82) is 0 Å². The fraction of sp³-hybridized carbons (Fsp3) is 0. The molecule has 0 radical (unpaired) electrons. The smallest absolute Gasteiger partial charge is 0.143 e. The van der Waals surface area contributed by atoms with E-state index in [4.69, 9.17) is 4.42 Å². The van der Waals surface area contributed by atoms with Crippen LogP contribution in [-0.4, -0.2) is 4.57 Å². The van der Waals surface area contributed by atoms with Crippen LogP contribution in [0.1, 0.15) is 0 Å². The van der Waals surface area contributed by atoms with E-state index >= 15 is 0 Å². The first kappa shape index (κ1) is 31.2. The van der Waals surface area contributed by atoms with Gasteiger partial charge >= 0.3 is 0 Å². The van der Waals surface area contributed by atoms with Gasteiger partial charge in [0.1, 0.15) is 11.2 Å². The van der Waals surface area contributed by atoms with Gasteiger partial charge in [-0.3, -0.25) is 0 Å². The van der Waals surface area contributed by atoms with E-state index in [9.17, 15) is 0 Å². The maximum Gasteiger partial charge on any atom is 0.143 e. The first-order valence-electron chi connectivity index (χ1n) is 19.0. The van der Waals surface area contributed by atoms with E-state index in [0.717, 1.165) is 61.2 Å². The molecule has 0 aliphatic heterocycles. The Hall–Kier alpha value is -7.14. The predicted octanol–water partition coefficient (Wildman–Crippen LogP) is 15.3. The average Bonchev–Trinajstić information content (AvgIpc) is 3.94. The van der Waals surface area contributed by atoms with Crippen LogP contribution in [0.2, 0.25) is 0 Å². The first-order valence-corrected chi connectivity index (χ1v) is 19.8. The molecule has 56 heavy (non-hydrogen) atoms. The second kappa shape index (κ2) is 12.2. The number of anilines is 3. The molecule has 0 saturated carbocycles. The minimum atomic E-state index is 0.902. The summed E-state index contributed by atoms with van der Waals surface area (Å²) < 4.78 is 11.5. The zero-order valence-corrected chi connectivity index (χ0v) is 31.0. The third-order valence-electron chi connectivity index (χ3n) is 11.4. The van der Waals surface area contributed by atoms with E-state index in [1.165, 1.54) is 47.4 Å². The van der Waals surface area contributed by atoms with Crippen molar-refractivity contribution in [2.75, 3.05) is 4.90 Å². The summed E-state index contributed by atoms with van der Waals surface area (Å²) in [5.41, 5.74) is 11.0. The van der Waals surface area contributed by atoms with E-state index < -0.39 is 0 Å². The average molecular weight is 733 g/mol. The Morgan fingerprint density at radius 2 is 1.05 bits per heavy atom. The number of para-hydroxylation sites is 2. The van der Waals surface area contributed by atoms with E-state index in [1.807, 2.05) is 11.3 Å². The maximum absolute atomic E-state index is 6.54. The van der Waals surface area contributed by atoms with Crippen molar-refractivity contribution >= 4 is 103 Å². The van der Waals surface area contributed by atoms with Crippen LogP contribution in [0.3, 0.4) is 0 Å². The number of nitrogens with zero attached hydrogens (tertiary/aromatic N) is 2. The molecule has 12 aromatic rings. The highest BCUT2D eigenvalue weighted by atomic mass is 32.1. The Kier molecular flexibility index (Phi) is 6.80. The van der Waals surface area contributed by atoms with Gasteiger partial charge in [0.2, 0.25) is 0 Å². The third kappa shape index (κ3) is 4.70. The first-order chi connectivity index (χ1) is 27.8. The van der Waals surface area contributed by atoms with Gasteiger partial charge in [-0.15, -0.1) is 11.3 Å². The van der Waals surface area contributed by atoms with Crippen LogP contribution >= 0.6 is 11.3 Å². The predicted molar refractivity (Wildman–Crippen MR) is 239 cm³/mol. The molecule has 3 aromatic heterocycles. The van der Waals surface area contributed by atoms with Gasteiger partial charge in [-0.1, -0.05) is 109 Å². The lowest BCUT2D eigenvalue weighted by Gasteiger charge is -2.26. The topological polar surface area (TPSA) is 21.3 Å². The van der Waals surface area contributed by atoms with E-state index in [2.05, 4.69) is 204 Å². The molecule has 262 valence electrons. The van der Waals surface area contributed by atoms with Gasteiger partial charge in [0, 0.05) is 69.9 Å². The molecule has 12 rings (SSSR count). The Labute approximate surface area is 326 Å². The number of aromatic nitrogens is 1. The van der Waals surface area contributed by atoms with Crippen molar-refractivity contribution in [1.82, 2.24) is 4.57 Å². The quantitative estimate of drug-likeness (QED) is 0.176. The summed E-state index contributed by atoms with van der Waals surface area (Å²) in [5.74, 6) is 0. The number of fused-ring (bicyclic) bond motifs is 11. The third-order valence-corrected chi connectivity index (χ3v) is 12.5. The second-order valence-corrected chi connectivity index (χ2v) is 15.6. The lowest BCUT2D eigenvalue weighted by Crippen LogP contribution is -2.10. The van der Waals surface area contributed by atoms with E-state index in [0.29, 0.717) is 0 Å². The zero-order chi connectivity index (χ0) is 36.7. The summed E-state index contributed by atoms with van der Waals surface area (Å²) in [6.45, 7) is 0. The summed E-state index contributed by atoms with van der Waals surface area (Å²) >= 11 is 1.85. The molecule has 3 nitrogen and oxygen atoms in total. The standard InChI is InChI=1S/C52H32N2OS/c1-2-11-40-33(10-1)22-30-44-51-39(15-9-18-48(51)55-52(40)44)34-20-23-35(24-21-34)53(38-29-31-50-45(32-38)43-14-5-8-19-49(43)56-50)36-25-27-37(28-26-36)54-46-16-6-3-12-41(46)42-13-4-7-17-47(42)54/h1-32H. The van der Waals surface area contributed by atoms with Gasteiger partial charge in [0.15, 0.2) is 0 Å². The van der Waals surface area contributed by atoms with Gasteiger partial charge in [0.05, 0.1) is 11.0 Å². The summed E-state index contributed by atoms with van der Waals surface area (Å²) in [6, 6.07) is 70.2. The van der Waals surface area contributed by atoms with Crippen LogP contribution in [-0.2, 0) is 0 Å². The summed E-state index contributed by atoms with van der Waals surface area (Å²) in [4.78, 5) is 2.38. The highest BCUT2D eigenvalue weighted by molar-refractivity contribution is 7.25. The molecule has 0 amide bonds. The van der Waals surface area contributed by atoms with Crippen molar-refractivity contribution in [2.24, 2.45) is 0 Å². The van der Waals surface area contributed by atoms with E-state index in [1.54, 1.807) is 0 Å². The molecule has 3 heterocycles. The highest BCUT2D eigenvalue weighted by Crippen LogP contribution is 2.43. The number of benzene rings is 9. The zero-order valence-electron chi connectivity index (χ0n) is 30.2. The van der Waals surface area contributed by atoms with Gasteiger partial charge in [-0.05, 0) is 101 Å². The Balaban J connectivity index is 1.00. The molecule has 0 N–H and O–H groups in total. The van der Waals surface area contributed by atoms with Gasteiger partial charge in [-0.2, -0.15) is 0 Å². The number of rotatable bonds is 5. The molecule has 0 spiro atoms. The molecule has 0 aliphatic carbocycles. The van der Waals surface area contributed by atoms with Crippen LogP contribution in [0.25, 0.3) is 91.5 Å². The molecule has 0 saturated heterocycles. The molecule has 0 bridgehead atoms. The molecule has 9 aromatic carbocycles. The van der Waals surface area contributed by atoms with Gasteiger partial charge in [-0.25, -0.2) is 0 Å². The van der Waals surface area contributed by atoms with Crippen molar-refractivity contribution < 1.29 is 4.42 Å². The second-order valence-electron chi connectivity index (χ2n) is 14.5. The van der Waals surface area contributed by atoms with Gasteiger partial charge in [0.25, 0.3) is 0 Å². The fourth-order valence-corrected chi connectivity index (χ4v) is 9.92. The molecule has 0 unspecified atom stereocenters. The number of furan rings is 1. The summed E-state index contributed by atoms with van der Waals surface area (Å²) in [6.07, 6.45) is 0. The SMILES string of the molecule is c1ccc2c(c1)ccc1c2oc2cccc(-c3ccc(N(c4ccc(-n5c6ccccc6c6ccccc65)cc4)c4ccc5sc6ccccc6c5c4)cc3)c21. The largest absolute Gasteiger partial charge is 0.455 e. The van der Waals surface area contributed by atoms with Crippen LogP contribution in [0.15, 0.2) is 199 Å². The monoisotopic (exact) mass is 732 g/mol. The van der Waals surface area contributed by atoms with Crippen molar-refractivity contribution in [3.05, 3.63) is 194 Å². The van der Waals surface area contributed by atoms with Crippen molar-refractivity contribution in [3.63, 3.8) is 0 Å². The van der Waals surface area contributed by atoms with Crippen LogP contribution in [0.4, 0.5) is 17.1 Å². The molecular weight excluding hydrogens is 701 g/mol. The lowest BCUT2D eigenvalue weighted by atomic mass is 9.98. The normalized spacial score (nSPS) is 11.9. The van der Waals surface area contributed by atoms with Crippen LogP contribution in [0, 0.1) is 0 Å². The fourth-order valence-electron chi connectivity index (χ4n) is 8.84. The molecule has 0 fully saturated rings. The minimum Gasteiger partial charge on any atom is -0.455 e. The highest BCUT2D eigenvalue weighted by Gasteiger charge is 2.19. The minimum absolute atomic E-state index is 0.902. The van der Waals surface area contributed by atoms with Crippen LogP contribution < -0.4 is 4.90 Å². The lowest BCUT2D eigenvalue weighted by molar-refractivity contribution is 0.673. The van der Waals surface area contributed by atoms with E-state index in [-0.39, 0.29) is 0 Å². The Morgan fingerprint density at radius 3 is 1.82 bits per heavy atom. The molecule has 0 aliphatic rings. The Morgan fingerprint density at radius 1 is 0.429 bits per heavy atom. The van der Waals surface area contributed by atoms with Gasteiger partial charge < -0.3 is 13.9 Å². The molecule has 4 heteroatoms. The maximum atomic E-state index is 6.54. The van der Waals surface area contributed by atoms with Crippen LogP contribution in [0.5, 0.6) is 0 Å². The molecular formula is C52H32N2OS. The number of thiophene rings is 1. The number of hydrogen-bond donors (Lipinski definition) is 0. The Bertz CT molecular complexity index is 3420. The number of hydrogen-bond acceptors (Lipinski definition) is 3. The van der Waals surface area contributed by atoms with Crippen molar-refractivity contribution in [3.8, 4) is 16.8 Å². The van der Waals surface area contributed by atoms with Crippen molar-refractivity contribution in [2.45, 2.75) is 0 Å². The summed E-state index contributed by atoms with van der Waals surface area (Å²) in [5, 5.41) is 9.69. The summed E-state index contributed by atoms with van der Waals surface area (Å²) in [7, 11) is 0. The molecule has 0 atom stereocenters.